The lowest BCUT2D eigenvalue weighted by Crippen LogP contribution is -2.28. The van der Waals surface area contributed by atoms with E-state index in [0.29, 0.717) is 5.06 Å². The molecule has 0 fully saturated rings. The molecule has 0 heterocycles. The lowest BCUT2D eigenvalue weighted by atomic mass is 10.1. The van der Waals surface area contributed by atoms with E-state index in [4.69, 9.17) is 5.11 Å². The van der Waals surface area contributed by atoms with Crippen LogP contribution in [0.3, 0.4) is 0 Å². The van der Waals surface area contributed by atoms with Gasteiger partial charge in [-0.1, -0.05) is 34.9 Å². The molecule has 2 N–H and O–H groups in total. The highest BCUT2D eigenvalue weighted by atomic mass is 16.5. The first-order chi connectivity index (χ1) is 11.2. The first kappa shape index (κ1) is 22.1. The fraction of sp³-hybridized carbons (Fsp3) is 0.579. The van der Waals surface area contributed by atoms with Crippen molar-refractivity contribution in [3.05, 3.63) is 34.9 Å². The molecule has 0 spiro atoms. The van der Waals surface area contributed by atoms with Gasteiger partial charge in [0.1, 0.15) is 0 Å². The molecule has 0 bridgehead atoms. The largest absolute Gasteiger partial charge is 0.481 e. The number of carboxylic acids is 1. The predicted molar refractivity (Wildman–Crippen MR) is 95.8 cm³/mol. The number of nitrogens with zero attached hydrogens (tertiary/aromatic N) is 1. The Morgan fingerprint density at radius 2 is 1.38 bits per heavy atom. The van der Waals surface area contributed by atoms with Gasteiger partial charge in [-0.05, 0) is 53.4 Å². The van der Waals surface area contributed by atoms with Crippen molar-refractivity contribution in [2.75, 3.05) is 6.54 Å². The van der Waals surface area contributed by atoms with E-state index in [2.05, 4.69) is 32.9 Å². The third-order valence-electron chi connectivity index (χ3n) is 3.58. The third-order valence-corrected chi connectivity index (χ3v) is 3.58. The lowest BCUT2D eigenvalue weighted by molar-refractivity contribution is -0.164. The molecule has 0 aromatic heterocycles. The van der Waals surface area contributed by atoms with Crippen LogP contribution in [0.5, 0.6) is 0 Å². The number of carbonyl (C=O) groups is 2. The maximum absolute atomic E-state index is 11.5. The zero-order valence-electron chi connectivity index (χ0n) is 15.3. The maximum Gasteiger partial charge on any atom is 0.303 e. The minimum absolute atomic E-state index is 0.0908. The van der Waals surface area contributed by atoms with Crippen molar-refractivity contribution in [1.29, 1.82) is 0 Å². The van der Waals surface area contributed by atoms with Crippen molar-refractivity contribution >= 4 is 11.9 Å². The molecule has 0 saturated heterocycles. The Balaban J connectivity index is 4.11. The number of carboxylic acid groups (broad SMARTS) is 1. The highest BCUT2D eigenvalue weighted by Gasteiger charge is 2.11. The number of aliphatic carboxylic acids is 1. The minimum Gasteiger partial charge on any atom is -0.481 e. The number of hydroxylamine groups is 2. The van der Waals surface area contributed by atoms with Gasteiger partial charge in [0.25, 0.3) is 0 Å². The van der Waals surface area contributed by atoms with Crippen LogP contribution >= 0.6 is 0 Å². The second-order valence-electron chi connectivity index (χ2n) is 6.33. The first-order valence-electron chi connectivity index (χ1n) is 8.38. The summed E-state index contributed by atoms with van der Waals surface area (Å²) in [6.07, 6.45) is 9.74. The standard InChI is InChI=1S/C19H31NO4/c1-15(2)7-5-8-16(3)9-6-10-17(4)13-14-20(24)18(21)11-12-19(22)23/h7,9,13,24H,5-6,8,10-12,14H2,1-4H3,(H,22,23). The van der Waals surface area contributed by atoms with Gasteiger partial charge in [0.15, 0.2) is 0 Å². The van der Waals surface area contributed by atoms with Gasteiger partial charge in [0.05, 0.1) is 13.0 Å². The summed E-state index contributed by atoms with van der Waals surface area (Å²) in [5.74, 6) is -1.62. The van der Waals surface area contributed by atoms with Crippen molar-refractivity contribution in [2.24, 2.45) is 0 Å². The Labute approximate surface area is 145 Å². The SMILES string of the molecule is CC(C)=CCCC(C)=CCCC(C)=CCN(O)C(=O)CCC(=O)O. The molecule has 0 aromatic carbocycles. The second-order valence-corrected chi connectivity index (χ2v) is 6.33. The zero-order chi connectivity index (χ0) is 18.5. The molecule has 0 radical (unpaired) electrons. The van der Waals surface area contributed by atoms with Gasteiger partial charge in [-0.25, -0.2) is 5.06 Å². The van der Waals surface area contributed by atoms with Crippen LogP contribution in [0, 0.1) is 0 Å². The first-order valence-corrected chi connectivity index (χ1v) is 8.38. The topological polar surface area (TPSA) is 77.8 Å². The maximum atomic E-state index is 11.5. The molecule has 136 valence electrons. The Kier molecular flexibility index (Phi) is 11.5. The van der Waals surface area contributed by atoms with Crippen molar-refractivity contribution in [3.63, 3.8) is 0 Å². The van der Waals surface area contributed by atoms with Crippen LogP contribution in [-0.2, 0) is 9.59 Å². The number of allylic oxidation sites excluding steroid dienone is 5. The third kappa shape index (κ3) is 12.6. The van der Waals surface area contributed by atoms with E-state index in [1.807, 2.05) is 6.92 Å². The molecule has 24 heavy (non-hydrogen) atoms. The van der Waals surface area contributed by atoms with Crippen molar-refractivity contribution in [3.8, 4) is 0 Å². The summed E-state index contributed by atoms with van der Waals surface area (Å²) in [5, 5.41) is 18.7. The van der Waals surface area contributed by atoms with E-state index < -0.39 is 11.9 Å². The van der Waals surface area contributed by atoms with Gasteiger partial charge >= 0.3 is 5.97 Å². The average Bonchev–Trinajstić information content (AvgIpc) is 2.49. The smallest absolute Gasteiger partial charge is 0.303 e. The summed E-state index contributed by atoms with van der Waals surface area (Å²) in [6.45, 7) is 8.39. The number of rotatable bonds is 11. The van der Waals surface area contributed by atoms with E-state index in [-0.39, 0.29) is 19.4 Å². The highest BCUT2D eigenvalue weighted by molar-refractivity contribution is 5.79. The molecule has 5 heteroatoms. The molecule has 0 unspecified atom stereocenters. The Bertz CT molecular complexity index is 499. The van der Waals surface area contributed by atoms with Gasteiger partial charge in [-0.3, -0.25) is 14.8 Å². The molecular formula is C19H31NO4. The number of carbonyl (C=O) groups excluding carboxylic acids is 1. The molecule has 0 rings (SSSR count). The fourth-order valence-electron chi connectivity index (χ4n) is 2.03. The van der Waals surface area contributed by atoms with Crippen LogP contribution in [-0.4, -0.2) is 33.8 Å². The molecule has 0 aliphatic heterocycles. The molecule has 0 aliphatic carbocycles. The number of hydrogen-bond acceptors (Lipinski definition) is 3. The van der Waals surface area contributed by atoms with E-state index in [1.165, 1.54) is 11.1 Å². The Morgan fingerprint density at radius 3 is 1.92 bits per heavy atom. The van der Waals surface area contributed by atoms with Gasteiger partial charge in [0.2, 0.25) is 5.91 Å². The summed E-state index contributed by atoms with van der Waals surface area (Å²) in [4.78, 5) is 21.9. The minimum atomic E-state index is -1.05. The molecular weight excluding hydrogens is 306 g/mol. The Hall–Kier alpha value is -1.88. The lowest BCUT2D eigenvalue weighted by Gasteiger charge is -2.12. The Morgan fingerprint density at radius 1 is 0.833 bits per heavy atom. The van der Waals surface area contributed by atoms with E-state index in [1.54, 1.807) is 6.08 Å². The van der Waals surface area contributed by atoms with Crippen molar-refractivity contribution in [1.82, 2.24) is 5.06 Å². The van der Waals surface area contributed by atoms with Gasteiger partial charge < -0.3 is 5.11 Å². The van der Waals surface area contributed by atoms with Crippen molar-refractivity contribution < 1.29 is 19.9 Å². The average molecular weight is 337 g/mol. The van der Waals surface area contributed by atoms with Crippen LogP contribution in [0.2, 0.25) is 0 Å². The zero-order valence-corrected chi connectivity index (χ0v) is 15.3. The molecule has 0 saturated carbocycles. The van der Waals surface area contributed by atoms with Gasteiger partial charge in [-0.2, -0.15) is 0 Å². The summed E-state index contributed by atoms with van der Waals surface area (Å²) in [6, 6.07) is 0. The van der Waals surface area contributed by atoms with Gasteiger partial charge in [0, 0.05) is 6.42 Å². The predicted octanol–water partition coefficient (Wildman–Crippen LogP) is 4.49. The van der Waals surface area contributed by atoms with E-state index in [9.17, 15) is 14.8 Å². The van der Waals surface area contributed by atoms with Crippen LogP contribution < -0.4 is 0 Å². The van der Waals surface area contributed by atoms with Gasteiger partial charge in [-0.15, -0.1) is 0 Å². The normalized spacial score (nSPS) is 12.0. The van der Waals surface area contributed by atoms with Crippen molar-refractivity contribution in [2.45, 2.75) is 66.2 Å². The van der Waals surface area contributed by atoms with E-state index in [0.717, 1.165) is 31.3 Å². The fourth-order valence-corrected chi connectivity index (χ4v) is 2.03. The van der Waals surface area contributed by atoms with Crippen LogP contribution in [0.15, 0.2) is 34.9 Å². The van der Waals surface area contributed by atoms with Crippen LogP contribution in [0.25, 0.3) is 0 Å². The summed E-state index contributed by atoms with van der Waals surface area (Å²) >= 11 is 0. The highest BCUT2D eigenvalue weighted by Crippen LogP contribution is 2.11. The quantitative estimate of drug-likeness (QED) is 0.331. The van der Waals surface area contributed by atoms with Crippen LogP contribution in [0.4, 0.5) is 0 Å². The number of amides is 1. The second kappa shape index (κ2) is 12.5. The monoisotopic (exact) mass is 337 g/mol. The molecule has 0 aromatic rings. The summed E-state index contributed by atoms with van der Waals surface area (Å²) in [5.41, 5.74) is 3.80. The summed E-state index contributed by atoms with van der Waals surface area (Å²) in [7, 11) is 0. The molecule has 5 nitrogen and oxygen atoms in total. The summed E-state index contributed by atoms with van der Waals surface area (Å²) < 4.78 is 0. The van der Waals surface area contributed by atoms with E-state index >= 15 is 0 Å². The molecule has 0 atom stereocenters. The van der Waals surface area contributed by atoms with Crippen LogP contribution in [0.1, 0.15) is 66.2 Å². The molecule has 1 amide bonds. The number of hydrogen-bond donors (Lipinski definition) is 2. The molecule has 0 aliphatic rings.